The molecule has 2 rings (SSSR count). The third kappa shape index (κ3) is 3.46. The van der Waals surface area contributed by atoms with Gasteiger partial charge in [0, 0.05) is 18.7 Å². The van der Waals surface area contributed by atoms with Crippen LogP contribution in [0.15, 0.2) is 6.33 Å². The number of carbonyl (C=O) groups is 1. The summed E-state index contributed by atoms with van der Waals surface area (Å²) in [6.07, 6.45) is 6.99. The molecule has 1 saturated heterocycles. The van der Waals surface area contributed by atoms with Crippen LogP contribution in [-0.4, -0.2) is 35.6 Å². The second kappa shape index (κ2) is 7.22. The topological polar surface area (TPSA) is 55.3 Å². The molecule has 0 unspecified atom stereocenters. The Kier molecular flexibility index (Phi) is 5.32. The van der Waals surface area contributed by atoms with Gasteiger partial charge in [-0.05, 0) is 32.6 Å². The Morgan fingerprint density at radius 1 is 1.30 bits per heavy atom. The molecule has 0 amide bonds. The van der Waals surface area contributed by atoms with Gasteiger partial charge in [0.1, 0.15) is 12.1 Å². The first-order valence-electron chi connectivity index (χ1n) is 7.47. The number of carbonyl (C=O) groups excluding carboxylic acids is 1. The molecule has 0 atom stereocenters. The minimum Gasteiger partial charge on any atom is -0.461 e. The minimum atomic E-state index is -0.336. The van der Waals surface area contributed by atoms with Gasteiger partial charge in [0.15, 0.2) is 5.69 Å². The van der Waals surface area contributed by atoms with Gasteiger partial charge in [0.05, 0.1) is 6.61 Å². The van der Waals surface area contributed by atoms with Crippen molar-refractivity contribution in [2.24, 2.45) is 0 Å². The van der Waals surface area contributed by atoms with E-state index in [0.29, 0.717) is 12.3 Å². The largest absolute Gasteiger partial charge is 0.461 e. The van der Waals surface area contributed by atoms with E-state index in [9.17, 15) is 4.79 Å². The average Bonchev–Trinajstić information content (AvgIpc) is 2.48. The van der Waals surface area contributed by atoms with Gasteiger partial charge >= 0.3 is 5.97 Å². The molecule has 0 bridgehead atoms. The summed E-state index contributed by atoms with van der Waals surface area (Å²) in [5.74, 6) is 0.541. The van der Waals surface area contributed by atoms with Crippen molar-refractivity contribution in [3.05, 3.63) is 17.6 Å². The van der Waals surface area contributed by atoms with E-state index in [1.165, 1.54) is 25.6 Å². The van der Waals surface area contributed by atoms with E-state index in [-0.39, 0.29) is 5.97 Å². The van der Waals surface area contributed by atoms with Gasteiger partial charge in [-0.3, -0.25) is 0 Å². The van der Waals surface area contributed by atoms with Crippen molar-refractivity contribution in [2.45, 2.75) is 46.0 Å². The van der Waals surface area contributed by atoms with Crippen LogP contribution >= 0.6 is 0 Å². The Morgan fingerprint density at radius 2 is 2.05 bits per heavy atom. The maximum Gasteiger partial charge on any atom is 0.357 e. The van der Waals surface area contributed by atoms with Crippen molar-refractivity contribution in [3.63, 3.8) is 0 Å². The van der Waals surface area contributed by atoms with Crippen LogP contribution in [0.5, 0.6) is 0 Å². The second-order valence-electron chi connectivity index (χ2n) is 5.21. The summed E-state index contributed by atoms with van der Waals surface area (Å²) < 4.78 is 5.24. The fourth-order valence-corrected chi connectivity index (χ4v) is 2.45. The van der Waals surface area contributed by atoms with Gasteiger partial charge in [-0.2, -0.15) is 0 Å². The zero-order valence-electron chi connectivity index (χ0n) is 12.4. The maximum atomic E-state index is 12.0. The van der Waals surface area contributed by atoms with Gasteiger partial charge in [0.2, 0.25) is 0 Å². The van der Waals surface area contributed by atoms with Crippen molar-refractivity contribution in [2.75, 3.05) is 24.6 Å². The average molecular weight is 277 g/mol. The molecule has 1 aromatic heterocycles. The van der Waals surface area contributed by atoms with Crippen molar-refractivity contribution < 1.29 is 9.53 Å². The first-order chi connectivity index (χ1) is 9.74. The first-order valence-corrected chi connectivity index (χ1v) is 7.47. The number of anilines is 1. The molecule has 0 N–H and O–H groups in total. The highest BCUT2D eigenvalue weighted by Gasteiger charge is 2.20. The fourth-order valence-electron chi connectivity index (χ4n) is 2.45. The van der Waals surface area contributed by atoms with Crippen LogP contribution in [0.3, 0.4) is 0 Å². The Balaban J connectivity index is 2.11. The Hall–Kier alpha value is -1.65. The molecular weight excluding hydrogens is 254 g/mol. The fraction of sp³-hybridized carbons (Fsp3) is 0.667. The van der Waals surface area contributed by atoms with Gasteiger partial charge in [0.25, 0.3) is 0 Å². The van der Waals surface area contributed by atoms with E-state index >= 15 is 0 Å². The Bertz CT molecular complexity index is 456. The van der Waals surface area contributed by atoms with Crippen molar-refractivity contribution in [1.82, 2.24) is 9.97 Å². The number of piperidine rings is 1. The zero-order valence-corrected chi connectivity index (χ0v) is 12.4. The van der Waals surface area contributed by atoms with Crippen molar-refractivity contribution in [1.29, 1.82) is 0 Å². The van der Waals surface area contributed by atoms with Gasteiger partial charge in [-0.15, -0.1) is 0 Å². The lowest BCUT2D eigenvalue weighted by molar-refractivity contribution is 0.0491. The second-order valence-corrected chi connectivity index (χ2v) is 5.21. The van der Waals surface area contributed by atoms with Gasteiger partial charge in [-0.1, -0.05) is 13.3 Å². The molecule has 0 aromatic carbocycles. The number of hydrogen-bond donors (Lipinski definition) is 0. The summed E-state index contributed by atoms with van der Waals surface area (Å²) in [7, 11) is 0. The molecule has 110 valence electrons. The van der Waals surface area contributed by atoms with E-state index in [4.69, 9.17) is 4.74 Å². The summed E-state index contributed by atoms with van der Waals surface area (Å²) in [5, 5.41) is 0. The number of esters is 1. The summed E-state index contributed by atoms with van der Waals surface area (Å²) in [6, 6.07) is 0. The number of aromatic nitrogens is 2. The monoisotopic (exact) mass is 277 g/mol. The van der Waals surface area contributed by atoms with E-state index in [1.807, 2.05) is 6.92 Å². The summed E-state index contributed by atoms with van der Waals surface area (Å²) in [4.78, 5) is 22.7. The van der Waals surface area contributed by atoms with Crippen LogP contribution in [-0.2, 0) is 4.74 Å². The smallest absolute Gasteiger partial charge is 0.357 e. The number of unbranched alkanes of at least 4 members (excludes halogenated alkanes) is 1. The molecule has 20 heavy (non-hydrogen) atoms. The first kappa shape index (κ1) is 14.8. The summed E-state index contributed by atoms with van der Waals surface area (Å²) in [6.45, 7) is 6.43. The highest BCUT2D eigenvalue weighted by Crippen LogP contribution is 2.22. The number of hydrogen-bond acceptors (Lipinski definition) is 5. The molecule has 5 heteroatoms. The van der Waals surface area contributed by atoms with E-state index in [2.05, 4.69) is 21.8 Å². The van der Waals surface area contributed by atoms with Crippen LogP contribution < -0.4 is 4.90 Å². The van der Waals surface area contributed by atoms with Crippen LogP contribution in [0.4, 0.5) is 5.82 Å². The highest BCUT2D eigenvalue weighted by atomic mass is 16.5. The van der Waals surface area contributed by atoms with E-state index in [1.54, 1.807) is 0 Å². The lowest BCUT2D eigenvalue weighted by Gasteiger charge is -2.29. The zero-order chi connectivity index (χ0) is 14.4. The van der Waals surface area contributed by atoms with Gasteiger partial charge < -0.3 is 9.64 Å². The third-order valence-corrected chi connectivity index (χ3v) is 3.64. The molecule has 1 fully saturated rings. The molecule has 1 aromatic rings. The quantitative estimate of drug-likeness (QED) is 0.612. The number of nitrogens with zero attached hydrogens (tertiary/aromatic N) is 3. The molecule has 1 aliphatic heterocycles. The molecule has 0 radical (unpaired) electrons. The minimum absolute atomic E-state index is 0.336. The van der Waals surface area contributed by atoms with Crippen LogP contribution in [0.1, 0.15) is 55.1 Å². The number of rotatable bonds is 5. The molecule has 0 aliphatic carbocycles. The van der Waals surface area contributed by atoms with Crippen LogP contribution in [0.25, 0.3) is 0 Å². The third-order valence-electron chi connectivity index (χ3n) is 3.64. The molecule has 0 saturated carbocycles. The van der Waals surface area contributed by atoms with Crippen LogP contribution in [0, 0.1) is 6.92 Å². The predicted molar refractivity (Wildman–Crippen MR) is 78.0 cm³/mol. The van der Waals surface area contributed by atoms with Crippen LogP contribution in [0.2, 0.25) is 0 Å². The SMILES string of the molecule is CCCCOC(=O)c1ncnc(N2CCCCC2)c1C. The molecule has 0 spiro atoms. The van der Waals surface area contributed by atoms with Gasteiger partial charge in [-0.25, -0.2) is 14.8 Å². The molecule has 5 nitrogen and oxygen atoms in total. The number of ether oxygens (including phenoxy) is 1. The van der Waals surface area contributed by atoms with E-state index < -0.39 is 0 Å². The maximum absolute atomic E-state index is 12.0. The lowest BCUT2D eigenvalue weighted by atomic mass is 10.1. The molecular formula is C15H23N3O2. The summed E-state index contributed by atoms with van der Waals surface area (Å²) in [5.41, 5.74) is 1.23. The predicted octanol–water partition coefficient (Wildman–Crippen LogP) is 2.73. The molecule has 2 heterocycles. The Labute approximate surface area is 120 Å². The van der Waals surface area contributed by atoms with E-state index in [0.717, 1.165) is 37.3 Å². The normalized spacial score (nSPS) is 15.2. The molecule has 1 aliphatic rings. The highest BCUT2D eigenvalue weighted by molar-refractivity contribution is 5.90. The van der Waals surface area contributed by atoms with Crippen molar-refractivity contribution in [3.8, 4) is 0 Å². The summed E-state index contributed by atoms with van der Waals surface area (Å²) >= 11 is 0. The Morgan fingerprint density at radius 3 is 2.75 bits per heavy atom. The lowest BCUT2D eigenvalue weighted by Crippen LogP contribution is -2.31. The standard InChI is InChI=1S/C15H23N3O2/c1-3-4-10-20-15(19)13-12(2)14(17-11-16-13)18-8-6-5-7-9-18/h11H,3-10H2,1-2H3. The van der Waals surface area contributed by atoms with Crippen molar-refractivity contribution >= 4 is 11.8 Å².